The van der Waals surface area contributed by atoms with Gasteiger partial charge in [-0.15, -0.1) is 0 Å². The van der Waals surface area contributed by atoms with E-state index in [-0.39, 0.29) is 5.78 Å². The summed E-state index contributed by atoms with van der Waals surface area (Å²) in [5.74, 6) is -0.309. The van der Waals surface area contributed by atoms with Gasteiger partial charge in [0.1, 0.15) is 23.2 Å². The fourth-order valence-electron chi connectivity index (χ4n) is 4.17. The highest BCUT2D eigenvalue weighted by molar-refractivity contribution is 6.35. The van der Waals surface area contributed by atoms with E-state index in [4.69, 9.17) is 23.2 Å². The zero-order valence-electron chi connectivity index (χ0n) is 16.7. The molecule has 0 unspecified atom stereocenters. The van der Waals surface area contributed by atoms with Gasteiger partial charge < -0.3 is 10.6 Å². The average Bonchev–Trinajstić information content (AvgIpc) is 3.18. The predicted octanol–water partition coefficient (Wildman–Crippen LogP) is 5.60. The van der Waals surface area contributed by atoms with Crippen LogP contribution in [0.3, 0.4) is 0 Å². The minimum Gasteiger partial charge on any atom is -0.343 e. The number of allylic oxidation sites excluding steroid dienone is 2. The molecule has 5 rings (SSSR count). The molecule has 2 heterocycles. The van der Waals surface area contributed by atoms with Crippen LogP contribution in [0.1, 0.15) is 41.2 Å². The first kappa shape index (κ1) is 20.7. The molecule has 162 valence electrons. The SMILES string of the molecule is O=C1CCCC2=C1[C@H](c1ccc(Cl)cc1Cl)n1ncc(C(=O)Nc3ccc(F)cc3)c1N2. The monoisotopic (exact) mass is 470 g/mol. The van der Waals surface area contributed by atoms with E-state index in [1.54, 1.807) is 22.9 Å². The molecule has 9 heteroatoms. The van der Waals surface area contributed by atoms with Crippen LogP contribution in [-0.2, 0) is 4.79 Å². The molecule has 0 spiro atoms. The van der Waals surface area contributed by atoms with Gasteiger partial charge in [-0.2, -0.15) is 5.10 Å². The van der Waals surface area contributed by atoms with Crippen LogP contribution in [0.15, 0.2) is 59.9 Å². The summed E-state index contributed by atoms with van der Waals surface area (Å²) >= 11 is 12.6. The van der Waals surface area contributed by atoms with Gasteiger partial charge in [0, 0.05) is 39.0 Å². The molecule has 1 atom stereocenters. The van der Waals surface area contributed by atoms with E-state index >= 15 is 0 Å². The highest BCUT2D eigenvalue weighted by Crippen LogP contribution is 2.43. The molecule has 1 aromatic heterocycles. The van der Waals surface area contributed by atoms with E-state index in [0.29, 0.717) is 51.1 Å². The standard InChI is InChI=1S/C23H17Cl2FN4O2/c24-12-4-9-15(17(25)10-12)21-20-18(2-1-3-19(20)31)29-22-16(11-27-30(21)22)23(32)28-14-7-5-13(26)6-8-14/h4-11,21,29H,1-3H2,(H,28,32)/t21-/m0/s1. The molecule has 1 amide bonds. The number of fused-ring (bicyclic) bond motifs is 1. The van der Waals surface area contributed by atoms with Crippen LogP contribution in [-0.4, -0.2) is 21.5 Å². The smallest absolute Gasteiger partial charge is 0.261 e. The van der Waals surface area contributed by atoms with Crippen LogP contribution in [0.2, 0.25) is 10.0 Å². The topological polar surface area (TPSA) is 76.0 Å². The van der Waals surface area contributed by atoms with Gasteiger partial charge in [0.05, 0.1) is 6.20 Å². The second-order valence-corrected chi connectivity index (χ2v) is 8.52. The Morgan fingerprint density at radius 3 is 2.69 bits per heavy atom. The number of rotatable bonds is 3. The van der Waals surface area contributed by atoms with E-state index in [9.17, 15) is 14.0 Å². The van der Waals surface area contributed by atoms with Gasteiger partial charge in [-0.3, -0.25) is 9.59 Å². The Kier molecular flexibility index (Phi) is 5.23. The molecule has 32 heavy (non-hydrogen) atoms. The number of amides is 1. The normalized spacial score (nSPS) is 17.5. The molecule has 0 saturated heterocycles. The molecular formula is C23H17Cl2FN4O2. The first-order chi connectivity index (χ1) is 15.4. The van der Waals surface area contributed by atoms with E-state index in [0.717, 1.165) is 12.1 Å². The van der Waals surface area contributed by atoms with Gasteiger partial charge in [-0.25, -0.2) is 9.07 Å². The van der Waals surface area contributed by atoms with Gasteiger partial charge in [-0.1, -0.05) is 29.3 Å². The summed E-state index contributed by atoms with van der Waals surface area (Å²) in [5, 5.41) is 11.3. The molecule has 3 aromatic rings. The fraction of sp³-hybridized carbons (Fsp3) is 0.174. The van der Waals surface area contributed by atoms with Crippen LogP contribution in [0.4, 0.5) is 15.9 Å². The molecule has 0 saturated carbocycles. The number of aromatic nitrogens is 2. The Labute approximate surface area is 193 Å². The lowest BCUT2D eigenvalue weighted by atomic mass is 9.85. The number of nitrogens with zero attached hydrogens (tertiary/aromatic N) is 2. The third-order valence-corrected chi connectivity index (χ3v) is 6.21. The number of anilines is 2. The highest BCUT2D eigenvalue weighted by Gasteiger charge is 2.38. The highest BCUT2D eigenvalue weighted by atomic mass is 35.5. The largest absolute Gasteiger partial charge is 0.343 e. The van der Waals surface area contributed by atoms with Crippen molar-refractivity contribution >= 4 is 46.4 Å². The third kappa shape index (κ3) is 3.57. The van der Waals surface area contributed by atoms with Crippen LogP contribution in [0.25, 0.3) is 0 Å². The van der Waals surface area contributed by atoms with Crippen molar-refractivity contribution in [2.75, 3.05) is 10.6 Å². The predicted molar refractivity (Wildman–Crippen MR) is 121 cm³/mol. The second kappa shape index (κ2) is 8.07. The summed E-state index contributed by atoms with van der Waals surface area (Å²) in [4.78, 5) is 25.9. The number of Topliss-reactive ketones (excluding diaryl/α,β-unsaturated/α-hetero) is 1. The van der Waals surface area contributed by atoms with Crippen LogP contribution in [0.5, 0.6) is 0 Å². The van der Waals surface area contributed by atoms with Crippen molar-refractivity contribution in [3.63, 3.8) is 0 Å². The van der Waals surface area contributed by atoms with Gasteiger partial charge in [-0.05, 0) is 49.2 Å². The minimum atomic E-state index is -0.578. The van der Waals surface area contributed by atoms with Crippen molar-refractivity contribution in [3.8, 4) is 0 Å². The Hall–Kier alpha value is -3.16. The Morgan fingerprint density at radius 1 is 1.16 bits per heavy atom. The molecule has 1 aliphatic heterocycles. The lowest BCUT2D eigenvalue weighted by Gasteiger charge is -2.33. The molecule has 6 nitrogen and oxygen atoms in total. The molecule has 2 aromatic carbocycles. The number of hydrogen-bond acceptors (Lipinski definition) is 4. The summed E-state index contributed by atoms with van der Waals surface area (Å²) in [6.45, 7) is 0. The number of nitrogens with one attached hydrogen (secondary N) is 2. The Bertz CT molecular complexity index is 1280. The second-order valence-electron chi connectivity index (χ2n) is 7.67. The zero-order chi connectivity index (χ0) is 22.4. The van der Waals surface area contributed by atoms with E-state index in [1.807, 2.05) is 0 Å². The van der Waals surface area contributed by atoms with Crippen molar-refractivity contribution in [2.24, 2.45) is 0 Å². The quantitative estimate of drug-likeness (QED) is 0.521. The maximum atomic E-state index is 13.2. The Morgan fingerprint density at radius 2 is 1.94 bits per heavy atom. The summed E-state index contributed by atoms with van der Waals surface area (Å²) in [5.41, 5.74) is 2.80. The average molecular weight is 471 g/mol. The first-order valence-corrected chi connectivity index (χ1v) is 10.8. The van der Waals surface area contributed by atoms with Crippen molar-refractivity contribution in [2.45, 2.75) is 25.3 Å². The van der Waals surface area contributed by atoms with E-state index in [2.05, 4.69) is 15.7 Å². The van der Waals surface area contributed by atoms with Crippen LogP contribution in [0, 0.1) is 5.82 Å². The number of carbonyl (C=O) groups is 2. The number of halogens is 3. The summed E-state index contributed by atoms with van der Waals surface area (Å²) in [6.07, 6.45) is 3.28. The van der Waals surface area contributed by atoms with Crippen LogP contribution >= 0.6 is 23.2 Å². The maximum absolute atomic E-state index is 13.2. The molecule has 0 bridgehead atoms. The summed E-state index contributed by atoms with van der Waals surface area (Å²) in [6, 6.07) is 10.0. The number of ketones is 1. The third-order valence-electron chi connectivity index (χ3n) is 5.64. The van der Waals surface area contributed by atoms with Crippen molar-refractivity contribution in [1.82, 2.24) is 9.78 Å². The molecule has 2 N–H and O–H groups in total. The Balaban J connectivity index is 1.59. The molecular weight excluding hydrogens is 454 g/mol. The molecule has 1 aliphatic carbocycles. The molecule has 2 aliphatic rings. The fourth-order valence-corrected chi connectivity index (χ4v) is 4.68. The molecule has 0 fully saturated rings. The first-order valence-electron chi connectivity index (χ1n) is 10.0. The van der Waals surface area contributed by atoms with Crippen LogP contribution < -0.4 is 10.6 Å². The number of hydrogen-bond donors (Lipinski definition) is 2. The van der Waals surface area contributed by atoms with Gasteiger partial charge in [0.2, 0.25) is 0 Å². The van der Waals surface area contributed by atoms with E-state index < -0.39 is 17.8 Å². The minimum absolute atomic E-state index is 0.0215. The summed E-state index contributed by atoms with van der Waals surface area (Å²) < 4.78 is 14.8. The zero-order valence-corrected chi connectivity index (χ0v) is 18.2. The maximum Gasteiger partial charge on any atom is 0.261 e. The summed E-state index contributed by atoms with van der Waals surface area (Å²) in [7, 11) is 0. The lowest BCUT2D eigenvalue weighted by Crippen LogP contribution is -2.32. The lowest BCUT2D eigenvalue weighted by molar-refractivity contribution is -0.116. The molecule has 0 radical (unpaired) electrons. The van der Waals surface area contributed by atoms with E-state index in [1.165, 1.54) is 30.5 Å². The number of benzene rings is 2. The van der Waals surface area contributed by atoms with Gasteiger partial charge >= 0.3 is 0 Å². The van der Waals surface area contributed by atoms with Crippen molar-refractivity contribution in [1.29, 1.82) is 0 Å². The van der Waals surface area contributed by atoms with Gasteiger partial charge in [0.25, 0.3) is 5.91 Å². The van der Waals surface area contributed by atoms with Crippen molar-refractivity contribution < 1.29 is 14.0 Å². The van der Waals surface area contributed by atoms with Crippen molar-refractivity contribution in [3.05, 3.63) is 86.9 Å². The van der Waals surface area contributed by atoms with Gasteiger partial charge in [0.15, 0.2) is 5.78 Å². The number of carbonyl (C=O) groups excluding carboxylic acids is 2.